The van der Waals surface area contributed by atoms with E-state index in [1.54, 1.807) is 6.07 Å². The molecule has 0 N–H and O–H groups in total. The quantitative estimate of drug-likeness (QED) is 0.418. The lowest BCUT2D eigenvalue weighted by Crippen LogP contribution is -1.83. The van der Waals surface area contributed by atoms with Crippen LogP contribution in [0.1, 0.15) is 4.11 Å². The van der Waals surface area contributed by atoms with Crippen LogP contribution in [0.25, 0.3) is 0 Å². The van der Waals surface area contributed by atoms with Crippen molar-refractivity contribution in [3.63, 3.8) is 0 Å². The van der Waals surface area contributed by atoms with Crippen molar-refractivity contribution in [1.82, 2.24) is 9.78 Å². The normalized spacial score (nSPS) is 18.3. The number of hydrogen-bond donors (Lipinski definition) is 0. The summed E-state index contributed by atoms with van der Waals surface area (Å²) in [6.45, 7) is -2.12. The SMILES string of the molecule is [2H][13C]([2H])([2H])n1cccn1. The summed E-state index contributed by atoms with van der Waals surface area (Å²) < 4.78 is 21.4. The van der Waals surface area contributed by atoms with Crippen molar-refractivity contribution in [2.45, 2.75) is 0 Å². The van der Waals surface area contributed by atoms with Gasteiger partial charge in [-0.25, -0.2) is 0 Å². The fraction of sp³-hybridized carbons (Fsp3) is 0.250. The Bertz CT molecular complexity index is 176. The van der Waals surface area contributed by atoms with Crippen molar-refractivity contribution in [3.8, 4) is 0 Å². The molecule has 0 bridgehead atoms. The molecule has 2 heteroatoms. The molecule has 0 aliphatic heterocycles. The Hall–Kier alpha value is -0.790. The van der Waals surface area contributed by atoms with Gasteiger partial charge < -0.3 is 0 Å². The molecule has 1 aromatic rings. The zero-order chi connectivity index (χ0) is 6.91. The van der Waals surface area contributed by atoms with Gasteiger partial charge >= 0.3 is 0 Å². The average molecular weight is 86.1 g/mol. The smallest absolute Gasteiger partial charge is 0.0489 e. The Morgan fingerprint density at radius 1 is 2.00 bits per heavy atom. The Morgan fingerprint density at radius 2 is 3.00 bits per heavy atom. The van der Waals surface area contributed by atoms with E-state index in [0.717, 1.165) is 4.68 Å². The van der Waals surface area contributed by atoms with E-state index < -0.39 is 6.98 Å². The first-order valence-corrected chi connectivity index (χ1v) is 1.61. The van der Waals surface area contributed by atoms with Crippen LogP contribution in [-0.4, -0.2) is 9.78 Å². The second-order valence-electron chi connectivity index (χ2n) is 0.951. The molecule has 2 nitrogen and oxygen atoms in total. The highest BCUT2D eigenvalue weighted by molar-refractivity contribution is 4.75. The molecule has 6 heavy (non-hydrogen) atoms. The van der Waals surface area contributed by atoms with E-state index in [4.69, 9.17) is 4.11 Å². The molecular formula is C4H6N2. The third-order valence-electron chi connectivity index (χ3n) is 0.504. The highest BCUT2D eigenvalue weighted by Crippen LogP contribution is 1.73. The van der Waals surface area contributed by atoms with Crippen molar-refractivity contribution in [1.29, 1.82) is 0 Å². The van der Waals surface area contributed by atoms with Gasteiger partial charge in [-0.1, -0.05) is 0 Å². The van der Waals surface area contributed by atoms with Crippen molar-refractivity contribution in [2.24, 2.45) is 6.98 Å². The first-order valence-electron chi connectivity index (χ1n) is 3.11. The Morgan fingerprint density at radius 3 is 3.33 bits per heavy atom. The van der Waals surface area contributed by atoms with Crippen LogP contribution in [0.15, 0.2) is 18.5 Å². The molecule has 0 radical (unpaired) electrons. The third kappa shape index (κ3) is 0.407. The monoisotopic (exact) mass is 86.1 g/mol. The van der Waals surface area contributed by atoms with Gasteiger partial charge in [0.05, 0.1) is 0 Å². The van der Waals surface area contributed by atoms with E-state index in [-0.39, 0.29) is 0 Å². The predicted octanol–water partition coefficient (Wildman–Crippen LogP) is 0.420. The van der Waals surface area contributed by atoms with Crippen molar-refractivity contribution < 1.29 is 4.11 Å². The molecule has 1 rings (SSSR count). The minimum atomic E-state index is -2.12. The van der Waals surface area contributed by atoms with Crippen LogP contribution < -0.4 is 0 Å². The second kappa shape index (κ2) is 1.12. The van der Waals surface area contributed by atoms with E-state index in [9.17, 15) is 0 Å². The lowest BCUT2D eigenvalue weighted by molar-refractivity contribution is 0.768. The highest BCUT2D eigenvalue weighted by Gasteiger charge is 1.69. The summed E-state index contributed by atoms with van der Waals surface area (Å²) in [6, 6.07) is 1.58. The third-order valence-corrected chi connectivity index (χ3v) is 0.504. The van der Waals surface area contributed by atoms with Gasteiger partial charge in [0.1, 0.15) is 0 Å². The standard InChI is InChI=1S/C4H6N2/c1-6-4-2-3-5-6/h2-4H,1H3/i1+1D3. The molecule has 0 unspecified atom stereocenters. The van der Waals surface area contributed by atoms with Crippen LogP contribution in [0, 0.1) is 0 Å². The maximum Gasteiger partial charge on any atom is 0.0489 e. The lowest BCUT2D eigenvalue weighted by atomic mass is 10.8. The minimum absolute atomic E-state index is 0.938. The molecule has 0 fully saturated rings. The van der Waals surface area contributed by atoms with Crippen LogP contribution in [0.5, 0.6) is 0 Å². The molecule has 0 aliphatic rings. The molecule has 1 aromatic heterocycles. The van der Waals surface area contributed by atoms with Crippen molar-refractivity contribution in [2.75, 3.05) is 0 Å². The Kier molecular flexibility index (Phi) is 0.257. The van der Waals surface area contributed by atoms with Gasteiger partial charge in [-0.05, 0) is 6.07 Å². The van der Waals surface area contributed by atoms with Gasteiger partial charge in [-0.2, -0.15) is 5.10 Å². The van der Waals surface area contributed by atoms with E-state index in [2.05, 4.69) is 5.10 Å². The second-order valence-corrected chi connectivity index (χ2v) is 0.951. The molecule has 1 heterocycles. The summed E-state index contributed by atoms with van der Waals surface area (Å²) in [7, 11) is 0. The summed E-state index contributed by atoms with van der Waals surface area (Å²) in [6.07, 6.45) is 2.85. The van der Waals surface area contributed by atoms with Crippen molar-refractivity contribution in [3.05, 3.63) is 18.5 Å². The summed E-state index contributed by atoms with van der Waals surface area (Å²) >= 11 is 0. The van der Waals surface area contributed by atoms with Crippen LogP contribution >= 0.6 is 0 Å². The molecule has 0 saturated heterocycles. The maximum absolute atomic E-state index is 6.82. The van der Waals surface area contributed by atoms with Crippen LogP contribution in [0.3, 0.4) is 0 Å². The maximum atomic E-state index is 6.82. The van der Waals surface area contributed by atoms with Gasteiger partial charge in [0.15, 0.2) is 0 Å². The molecule has 0 saturated carbocycles. The zero-order valence-electron chi connectivity index (χ0n) is 6.13. The predicted molar refractivity (Wildman–Crippen MR) is 23.2 cm³/mol. The minimum Gasteiger partial charge on any atom is -0.276 e. The molecule has 0 aromatic carbocycles. The first-order chi connectivity index (χ1) is 4.11. The molecule has 0 spiro atoms. The van der Waals surface area contributed by atoms with Gasteiger partial charge in [0, 0.05) is 23.5 Å². The lowest BCUT2D eigenvalue weighted by Gasteiger charge is -1.77. The van der Waals surface area contributed by atoms with Crippen LogP contribution in [-0.2, 0) is 6.98 Å². The van der Waals surface area contributed by atoms with E-state index in [1.807, 2.05) is 0 Å². The largest absolute Gasteiger partial charge is 0.276 e. The van der Waals surface area contributed by atoms with Gasteiger partial charge in [-0.3, -0.25) is 4.68 Å². The number of nitrogens with zero attached hydrogens (tertiary/aromatic N) is 2. The Labute approximate surface area is 40.6 Å². The highest BCUT2D eigenvalue weighted by atomic mass is 15.3. The summed E-state index contributed by atoms with van der Waals surface area (Å²) in [5.74, 6) is 0. The molecule has 0 amide bonds. The number of rotatable bonds is 0. The van der Waals surface area contributed by atoms with E-state index in [0.29, 0.717) is 0 Å². The summed E-state index contributed by atoms with van der Waals surface area (Å²) in [5.41, 5.74) is 0. The van der Waals surface area contributed by atoms with Crippen LogP contribution in [0.2, 0.25) is 0 Å². The number of aromatic nitrogens is 2. The fourth-order valence-electron chi connectivity index (χ4n) is 0.269. The average Bonchev–Trinajstić information content (AvgIpc) is 2.08. The van der Waals surface area contributed by atoms with E-state index >= 15 is 0 Å². The first kappa shape index (κ1) is 1.37. The molecular weight excluding hydrogens is 77.1 g/mol. The topological polar surface area (TPSA) is 17.8 Å². The Balaban J connectivity index is 2.90. The van der Waals surface area contributed by atoms with Gasteiger partial charge in [0.2, 0.25) is 0 Å². The van der Waals surface area contributed by atoms with Crippen molar-refractivity contribution >= 4 is 0 Å². The van der Waals surface area contributed by atoms with E-state index in [1.165, 1.54) is 12.4 Å². The number of hydrogen-bond acceptors (Lipinski definition) is 1. The van der Waals surface area contributed by atoms with Gasteiger partial charge in [-0.15, -0.1) is 0 Å². The summed E-state index contributed by atoms with van der Waals surface area (Å²) in [4.78, 5) is 0. The van der Waals surface area contributed by atoms with Crippen LogP contribution in [0.4, 0.5) is 0 Å². The molecule has 32 valence electrons. The number of aryl methyl sites for hydroxylation is 1. The molecule has 0 aliphatic carbocycles. The molecule has 0 atom stereocenters. The summed E-state index contributed by atoms with van der Waals surface area (Å²) in [5, 5.41) is 3.54. The van der Waals surface area contributed by atoms with Gasteiger partial charge in [0.25, 0.3) is 0 Å². The zero-order valence-corrected chi connectivity index (χ0v) is 3.13. The fourth-order valence-corrected chi connectivity index (χ4v) is 0.269.